The Morgan fingerprint density at radius 1 is 1.05 bits per heavy atom. The molecule has 0 radical (unpaired) electrons. The zero-order chi connectivity index (χ0) is 14.8. The van der Waals surface area contributed by atoms with Crippen molar-refractivity contribution in [2.45, 2.75) is 65.2 Å². The number of benzene rings is 1. The number of hydrogen-bond acceptors (Lipinski definition) is 1. The van der Waals surface area contributed by atoms with Crippen LogP contribution in [0.2, 0.25) is 0 Å². The standard InChI is InChI=1S/C18H28O2/c1-3-4-5-8-15(2)9-6-7-10-16-11-13-17(14-12-16)18(19)20/h11-15H,3-10H2,1-2H3,(H,19,20). The Morgan fingerprint density at radius 3 is 2.20 bits per heavy atom. The molecule has 1 N–H and O–H groups in total. The third-order valence-corrected chi connectivity index (χ3v) is 3.91. The molecule has 112 valence electrons. The van der Waals surface area contributed by atoms with E-state index in [-0.39, 0.29) is 0 Å². The summed E-state index contributed by atoms with van der Waals surface area (Å²) in [5.74, 6) is -0.00612. The number of aromatic carboxylic acids is 1. The van der Waals surface area contributed by atoms with Crippen molar-refractivity contribution in [3.05, 3.63) is 35.4 Å². The molecule has 0 aliphatic rings. The van der Waals surface area contributed by atoms with Crippen molar-refractivity contribution in [2.24, 2.45) is 5.92 Å². The molecule has 0 aliphatic carbocycles. The van der Waals surface area contributed by atoms with Crippen LogP contribution < -0.4 is 0 Å². The average Bonchev–Trinajstić information content (AvgIpc) is 2.44. The molecule has 1 aromatic carbocycles. The summed E-state index contributed by atoms with van der Waals surface area (Å²) in [6.07, 6.45) is 10.2. The van der Waals surface area contributed by atoms with Crippen LogP contribution in [-0.4, -0.2) is 11.1 Å². The predicted octanol–water partition coefficient (Wildman–Crippen LogP) is 5.31. The maximum Gasteiger partial charge on any atom is 0.335 e. The van der Waals surface area contributed by atoms with Crippen LogP contribution >= 0.6 is 0 Å². The normalized spacial score (nSPS) is 12.3. The van der Waals surface area contributed by atoms with Gasteiger partial charge in [-0.25, -0.2) is 4.79 Å². The van der Waals surface area contributed by atoms with Crippen LogP contribution in [0, 0.1) is 5.92 Å². The van der Waals surface area contributed by atoms with Gasteiger partial charge in [0.25, 0.3) is 0 Å². The molecule has 1 aromatic rings. The summed E-state index contributed by atoms with van der Waals surface area (Å²) in [6, 6.07) is 7.28. The van der Waals surface area contributed by atoms with E-state index in [2.05, 4.69) is 13.8 Å². The van der Waals surface area contributed by atoms with Gasteiger partial charge in [0.15, 0.2) is 0 Å². The Morgan fingerprint density at radius 2 is 1.65 bits per heavy atom. The monoisotopic (exact) mass is 276 g/mol. The molecule has 2 heteroatoms. The van der Waals surface area contributed by atoms with Crippen molar-refractivity contribution in [1.82, 2.24) is 0 Å². The molecule has 0 heterocycles. The Kier molecular flexibility index (Phi) is 8.01. The minimum atomic E-state index is -0.850. The van der Waals surface area contributed by atoms with Crippen LogP contribution in [0.3, 0.4) is 0 Å². The van der Waals surface area contributed by atoms with E-state index in [9.17, 15) is 4.79 Å². The zero-order valence-corrected chi connectivity index (χ0v) is 12.9. The number of aryl methyl sites for hydroxylation is 1. The van der Waals surface area contributed by atoms with Gasteiger partial charge in [0, 0.05) is 0 Å². The summed E-state index contributed by atoms with van der Waals surface area (Å²) in [6.45, 7) is 4.61. The summed E-state index contributed by atoms with van der Waals surface area (Å²) in [5.41, 5.74) is 1.62. The third kappa shape index (κ3) is 6.74. The molecule has 2 nitrogen and oxygen atoms in total. The zero-order valence-electron chi connectivity index (χ0n) is 12.9. The number of carbonyl (C=O) groups is 1. The van der Waals surface area contributed by atoms with E-state index in [0.29, 0.717) is 5.56 Å². The molecular weight excluding hydrogens is 248 g/mol. The van der Waals surface area contributed by atoms with E-state index >= 15 is 0 Å². The minimum absolute atomic E-state index is 0.373. The molecule has 20 heavy (non-hydrogen) atoms. The van der Waals surface area contributed by atoms with Crippen molar-refractivity contribution >= 4 is 5.97 Å². The van der Waals surface area contributed by atoms with Gasteiger partial charge >= 0.3 is 5.97 Å². The molecule has 0 saturated heterocycles. The first kappa shape index (κ1) is 16.7. The van der Waals surface area contributed by atoms with Gasteiger partial charge in [-0.1, -0.05) is 64.5 Å². The van der Waals surface area contributed by atoms with E-state index in [1.165, 1.54) is 50.5 Å². The van der Waals surface area contributed by atoms with Crippen molar-refractivity contribution in [3.63, 3.8) is 0 Å². The lowest BCUT2D eigenvalue weighted by molar-refractivity contribution is 0.0697. The maximum absolute atomic E-state index is 10.8. The second-order valence-corrected chi connectivity index (χ2v) is 5.85. The lowest BCUT2D eigenvalue weighted by Gasteiger charge is -2.10. The summed E-state index contributed by atoms with van der Waals surface area (Å²) >= 11 is 0. The smallest absolute Gasteiger partial charge is 0.335 e. The van der Waals surface area contributed by atoms with Gasteiger partial charge < -0.3 is 5.11 Å². The summed E-state index contributed by atoms with van der Waals surface area (Å²) in [4.78, 5) is 10.8. The highest BCUT2D eigenvalue weighted by Gasteiger charge is 2.03. The van der Waals surface area contributed by atoms with Gasteiger partial charge in [0.1, 0.15) is 0 Å². The first-order chi connectivity index (χ1) is 9.63. The minimum Gasteiger partial charge on any atom is -0.478 e. The van der Waals surface area contributed by atoms with Crippen LogP contribution in [0.15, 0.2) is 24.3 Å². The fourth-order valence-corrected chi connectivity index (χ4v) is 2.52. The van der Waals surface area contributed by atoms with Crippen molar-refractivity contribution in [1.29, 1.82) is 0 Å². The van der Waals surface area contributed by atoms with E-state index < -0.39 is 5.97 Å². The van der Waals surface area contributed by atoms with Gasteiger partial charge in [-0.3, -0.25) is 0 Å². The molecule has 0 aliphatic heterocycles. The highest BCUT2D eigenvalue weighted by atomic mass is 16.4. The fraction of sp³-hybridized carbons (Fsp3) is 0.611. The van der Waals surface area contributed by atoms with Crippen LogP contribution in [0.5, 0.6) is 0 Å². The lowest BCUT2D eigenvalue weighted by Crippen LogP contribution is -1.97. The molecule has 0 aromatic heterocycles. The Balaban J connectivity index is 2.16. The van der Waals surface area contributed by atoms with Crippen molar-refractivity contribution < 1.29 is 9.90 Å². The number of rotatable bonds is 10. The molecular formula is C18H28O2. The van der Waals surface area contributed by atoms with Crippen molar-refractivity contribution in [3.8, 4) is 0 Å². The van der Waals surface area contributed by atoms with Gasteiger partial charge in [-0.15, -0.1) is 0 Å². The van der Waals surface area contributed by atoms with E-state index in [4.69, 9.17) is 5.11 Å². The van der Waals surface area contributed by atoms with Gasteiger partial charge in [-0.2, -0.15) is 0 Å². The Bertz CT molecular complexity index is 381. The molecule has 0 amide bonds. The topological polar surface area (TPSA) is 37.3 Å². The fourth-order valence-electron chi connectivity index (χ4n) is 2.52. The summed E-state index contributed by atoms with van der Waals surface area (Å²) < 4.78 is 0. The molecule has 0 bridgehead atoms. The predicted molar refractivity (Wildman–Crippen MR) is 84.3 cm³/mol. The van der Waals surface area contributed by atoms with Crippen LogP contribution in [0.25, 0.3) is 0 Å². The SMILES string of the molecule is CCCCCC(C)CCCCc1ccc(C(=O)O)cc1. The van der Waals surface area contributed by atoms with Gasteiger partial charge in [0.05, 0.1) is 5.56 Å². The van der Waals surface area contributed by atoms with E-state index in [1.807, 2.05) is 12.1 Å². The molecule has 1 unspecified atom stereocenters. The van der Waals surface area contributed by atoms with E-state index in [1.54, 1.807) is 12.1 Å². The van der Waals surface area contributed by atoms with Gasteiger partial charge in [-0.05, 0) is 36.5 Å². The molecule has 0 saturated carbocycles. The summed E-state index contributed by atoms with van der Waals surface area (Å²) in [5, 5.41) is 8.84. The largest absolute Gasteiger partial charge is 0.478 e. The van der Waals surface area contributed by atoms with Crippen molar-refractivity contribution in [2.75, 3.05) is 0 Å². The number of unbranched alkanes of at least 4 members (excludes halogenated alkanes) is 3. The van der Waals surface area contributed by atoms with E-state index in [0.717, 1.165) is 12.3 Å². The second kappa shape index (κ2) is 9.57. The number of carboxylic acids is 1. The quantitative estimate of drug-likeness (QED) is 0.588. The summed E-state index contributed by atoms with van der Waals surface area (Å²) in [7, 11) is 0. The van der Waals surface area contributed by atoms with Gasteiger partial charge in [0.2, 0.25) is 0 Å². The highest BCUT2D eigenvalue weighted by molar-refractivity contribution is 5.87. The molecule has 0 spiro atoms. The Labute approximate surface area is 123 Å². The second-order valence-electron chi connectivity index (χ2n) is 5.85. The maximum atomic E-state index is 10.8. The molecule has 1 rings (SSSR count). The lowest BCUT2D eigenvalue weighted by atomic mass is 9.96. The molecule has 0 fully saturated rings. The van der Waals surface area contributed by atoms with Crippen LogP contribution in [0.1, 0.15) is 74.7 Å². The Hall–Kier alpha value is -1.31. The first-order valence-electron chi connectivity index (χ1n) is 7.95. The average molecular weight is 276 g/mol. The van der Waals surface area contributed by atoms with Crippen LogP contribution in [-0.2, 0) is 6.42 Å². The first-order valence-corrected chi connectivity index (χ1v) is 7.95. The third-order valence-electron chi connectivity index (χ3n) is 3.91. The number of hydrogen-bond donors (Lipinski definition) is 1. The molecule has 1 atom stereocenters. The highest BCUT2D eigenvalue weighted by Crippen LogP contribution is 2.17. The number of carboxylic acid groups (broad SMARTS) is 1. The van der Waals surface area contributed by atoms with Crippen LogP contribution in [0.4, 0.5) is 0 Å².